The molecule has 2 atom stereocenters. The third kappa shape index (κ3) is 7.57. The lowest BCUT2D eigenvalue weighted by Gasteiger charge is -2.37. The second-order valence-corrected chi connectivity index (χ2v) is 9.93. The van der Waals surface area contributed by atoms with Gasteiger partial charge in [-0.1, -0.05) is 43.3 Å². The smallest absolute Gasteiger partial charge is 0.408 e. The van der Waals surface area contributed by atoms with Crippen LogP contribution in [-0.2, 0) is 14.3 Å². The standard InChI is InChI=1S/C28H39N3O4/c1-9-21(5)31(23(32)17-29-27(34)35-28(6,7)8)25(24-19(3)14-12-15-20(24)4)26(33)30-22-16-11-10-13-18(22)2/h10-16,21,25H,9,17H2,1-8H3,(H,29,34)(H,30,33). The number of ether oxygens (including phenoxy) is 1. The van der Waals surface area contributed by atoms with Gasteiger partial charge in [-0.05, 0) is 83.2 Å². The minimum atomic E-state index is -0.876. The average Bonchev–Trinajstić information content (AvgIpc) is 2.76. The number of amides is 3. The van der Waals surface area contributed by atoms with E-state index in [2.05, 4.69) is 10.6 Å². The number of benzene rings is 2. The van der Waals surface area contributed by atoms with Crippen LogP contribution in [-0.4, -0.2) is 41.0 Å². The molecule has 35 heavy (non-hydrogen) atoms. The number of hydrogen-bond acceptors (Lipinski definition) is 4. The molecule has 2 rings (SSSR count). The van der Waals surface area contributed by atoms with Crippen LogP contribution >= 0.6 is 0 Å². The van der Waals surface area contributed by atoms with Gasteiger partial charge in [0.05, 0.1) is 0 Å². The molecular weight excluding hydrogens is 442 g/mol. The van der Waals surface area contributed by atoms with Gasteiger partial charge in [0.1, 0.15) is 18.2 Å². The molecule has 0 aromatic heterocycles. The van der Waals surface area contributed by atoms with Gasteiger partial charge in [-0.2, -0.15) is 0 Å². The summed E-state index contributed by atoms with van der Waals surface area (Å²) in [4.78, 5) is 41.2. The van der Waals surface area contributed by atoms with Crippen LogP contribution in [0.25, 0.3) is 0 Å². The van der Waals surface area contributed by atoms with Crippen molar-refractivity contribution in [2.45, 2.75) is 79.5 Å². The molecule has 2 N–H and O–H groups in total. The molecule has 0 fully saturated rings. The van der Waals surface area contributed by atoms with Crippen LogP contribution in [0.2, 0.25) is 0 Å². The lowest BCUT2D eigenvalue weighted by Crippen LogP contribution is -2.50. The van der Waals surface area contributed by atoms with Crippen molar-refractivity contribution in [3.63, 3.8) is 0 Å². The summed E-state index contributed by atoms with van der Waals surface area (Å²) >= 11 is 0. The minimum Gasteiger partial charge on any atom is -0.444 e. The normalized spacial score (nSPS) is 12.9. The number of nitrogens with one attached hydrogen (secondary N) is 2. The Hall–Kier alpha value is -3.35. The summed E-state index contributed by atoms with van der Waals surface area (Å²) in [6.45, 7) is 14.7. The molecule has 2 unspecified atom stereocenters. The van der Waals surface area contributed by atoms with Gasteiger partial charge in [0.2, 0.25) is 5.91 Å². The number of carbonyl (C=O) groups excluding carboxylic acids is 3. The summed E-state index contributed by atoms with van der Waals surface area (Å²) in [6, 6.07) is 12.2. The van der Waals surface area contributed by atoms with Crippen molar-refractivity contribution in [2.24, 2.45) is 0 Å². The molecule has 0 aliphatic carbocycles. The molecule has 0 aliphatic rings. The number of para-hydroxylation sites is 1. The third-order valence-corrected chi connectivity index (χ3v) is 5.88. The molecule has 0 aliphatic heterocycles. The summed E-state index contributed by atoms with van der Waals surface area (Å²) in [5.41, 5.74) is 3.54. The number of alkyl carbamates (subject to hydrolysis) is 1. The Morgan fingerprint density at radius 1 is 0.943 bits per heavy atom. The second-order valence-electron chi connectivity index (χ2n) is 9.93. The van der Waals surface area contributed by atoms with Gasteiger partial charge in [-0.3, -0.25) is 9.59 Å². The molecule has 0 saturated heterocycles. The molecule has 0 heterocycles. The van der Waals surface area contributed by atoms with Crippen LogP contribution < -0.4 is 10.6 Å². The molecule has 2 aromatic rings. The zero-order chi connectivity index (χ0) is 26.3. The van der Waals surface area contributed by atoms with Gasteiger partial charge < -0.3 is 20.3 Å². The van der Waals surface area contributed by atoms with Crippen LogP contribution in [0.1, 0.15) is 69.3 Å². The van der Waals surface area contributed by atoms with Crippen molar-refractivity contribution in [3.8, 4) is 0 Å². The van der Waals surface area contributed by atoms with Gasteiger partial charge in [-0.25, -0.2) is 4.79 Å². The SMILES string of the molecule is CCC(C)N(C(=O)CNC(=O)OC(C)(C)C)C(C(=O)Nc1ccccc1C)c1c(C)cccc1C. The Morgan fingerprint density at radius 3 is 2.06 bits per heavy atom. The molecule has 0 spiro atoms. The summed E-state index contributed by atoms with van der Waals surface area (Å²) in [5.74, 6) is -0.666. The van der Waals surface area contributed by atoms with Crippen molar-refractivity contribution in [1.82, 2.24) is 10.2 Å². The number of anilines is 1. The fourth-order valence-corrected chi connectivity index (χ4v) is 3.96. The maximum absolute atomic E-state index is 13.8. The van der Waals surface area contributed by atoms with Crippen LogP contribution in [0.15, 0.2) is 42.5 Å². The molecule has 0 radical (unpaired) electrons. The Labute approximate surface area is 209 Å². The Kier molecular flexibility index (Phi) is 9.46. The summed E-state index contributed by atoms with van der Waals surface area (Å²) in [5, 5.41) is 5.58. The van der Waals surface area contributed by atoms with E-state index in [1.807, 2.05) is 77.1 Å². The zero-order valence-corrected chi connectivity index (χ0v) is 22.2. The first kappa shape index (κ1) is 27.9. The molecule has 2 aromatic carbocycles. The van der Waals surface area contributed by atoms with Crippen molar-refractivity contribution in [2.75, 3.05) is 11.9 Å². The second kappa shape index (κ2) is 11.9. The molecule has 0 saturated carbocycles. The predicted octanol–water partition coefficient (Wildman–Crippen LogP) is 5.44. The minimum absolute atomic E-state index is 0.255. The Balaban J connectivity index is 2.48. The molecule has 7 heteroatoms. The summed E-state index contributed by atoms with van der Waals surface area (Å²) < 4.78 is 5.28. The average molecular weight is 482 g/mol. The largest absolute Gasteiger partial charge is 0.444 e. The van der Waals surface area contributed by atoms with Crippen molar-refractivity contribution >= 4 is 23.6 Å². The highest BCUT2D eigenvalue weighted by Crippen LogP contribution is 2.31. The van der Waals surface area contributed by atoms with E-state index < -0.39 is 17.7 Å². The Morgan fingerprint density at radius 2 is 1.51 bits per heavy atom. The molecule has 7 nitrogen and oxygen atoms in total. The fraction of sp³-hybridized carbons (Fsp3) is 0.464. The van der Waals surface area contributed by atoms with Crippen LogP contribution in [0.5, 0.6) is 0 Å². The van der Waals surface area contributed by atoms with E-state index in [0.29, 0.717) is 12.1 Å². The van der Waals surface area contributed by atoms with Crippen molar-refractivity contribution in [1.29, 1.82) is 0 Å². The van der Waals surface area contributed by atoms with Gasteiger partial charge in [0.25, 0.3) is 5.91 Å². The van der Waals surface area contributed by atoms with Gasteiger partial charge in [0.15, 0.2) is 0 Å². The van der Waals surface area contributed by atoms with E-state index in [9.17, 15) is 14.4 Å². The Bertz CT molecular complexity index is 1040. The lowest BCUT2D eigenvalue weighted by molar-refractivity contribution is -0.140. The number of nitrogens with zero attached hydrogens (tertiary/aromatic N) is 1. The van der Waals surface area contributed by atoms with Gasteiger partial charge >= 0.3 is 6.09 Å². The molecule has 190 valence electrons. The summed E-state index contributed by atoms with van der Waals surface area (Å²) in [7, 11) is 0. The third-order valence-electron chi connectivity index (χ3n) is 5.88. The van der Waals surface area contributed by atoms with E-state index in [1.54, 1.807) is 25.7 Å². The van der Waals surface area contributed by atoms with Gasteiger partial charge in [0, 0.05) is 11.7 Å². The number of rotatable bonds is 8. The topological polar surface area (TPSA) is 87.7 Å². The lowest BCUT2D eigenvalue weighted by atomic mass is 9.92. The maximum Gasteiger partial charge on any atom is 0.408 e. The quantitative estimate of drug-likeness (QED) is 0.525. The van der Waals surface area contributed by atoms with E-state index in [4.69, 9.17) is 4.74 Å². The highest BCUT2D eigenvalue weighted by atomic mass is 16.6. The van der Waals surface area contributed by atoms with Crippen LogP contribution in [0.4, 0.5) is 10.5 Å². The van der Waals surface area contributed by atoms with E-state index >= 15 is 0 Å². The van der Waals surface area contributed by atoms with E-state index in [0.717, 1.165) is 22.3 Å². The first-order valence-electron chi connectivity index (χ1n) is 12.1. The van der Waals surface area contributed by atoms with E-state index in [1.165, 1.54) is 0 Å². The predicted molar refractivity (Wildman–Crippen MR) is 139 cm³/mol. The maximum atomic E-state index is 13.8. The molecular formula is C28H39N3O4. The summed E-state index contributed by atoms with van der Waals surface area (Å²) in [6.07, 6.45) is -0.0417. The zero-order valence-electron chi connectivity index (χ0n) is 22.2. The fourth-order valence-electron chi connectivity index (χ4n) is 3.96. The first-order chi connectivity index (χ1) is 16.4. The van der Waals surface area contributed by atoms with Gasteiger partial charge in [-0.15, -0.1) is 0 Å². The first-order valence-corrected chi connectivity index (χ1v) is 12.1. The number of carbonyl (C=O) groups is 3. The van der Waals surface area contributed by atoms with Crippen LogP contribution in [0, 0.1) is 20.8 Å². The van der Waals surface area contributed by atoms with E-state index in [-0.39, 0.29) is 24.4 Å². The highest BCUT2D eigenvalue weighted by Gasteiger charge is 2.36. The van der Waals surface area contributed by atoms with Crippen molar-refractivity contribution < 1.29 is 19.1 Å². The van der Waals surface area contributed by atoms with Crippen molar-refractivity contribution in [3.05, 3.63) is 64.7 Å². The highest BCUT2D eigenvalue weighted by molar-refractivity contribution is 5.99. The number of aryl methyl sites for hydroxylation is 3. The molecule has 0 bridgehead atoms. The van der Waals surface area contributed by atoms with Crippen LogP contribution in [0.3, 0.4) is 0 Å². The number of hydrogen-bond donors (Lipinski definition) is 2. The molecule has 3 amide bonds. The monoisotopic (exact) mass is 481 g/mol.